The molecule has 71 heavy (non-hydrogen) atoms. The largest absolute Gasteiger partial charge is 0.416 e. The van der Waals surface area contributed by atoms with E-state index >= 15 is 0 Å². The lowest BCUT2D eigenvalue weighted by molar-refractivity contribution is -0.137. The minimum atomic E-state index is -4.42. The third-order valence-corrected chi connectivity index (χ3v) is 25.3. The number of anilines is 1. The first kappa shape index (κ1) is 26.3. The number of halogens is 3. The Kier molecular flexibility index (Phi) is 2.14. The van der Waals surface area contributed by atoms with Gasteiger partial charge in [0.05, 0.1) is 5.56 Å². The average Bonchev–Trinajstić information content (AvgIpc) is 4.24. The minimum Gasteiger partial charge on any atom is -0.338 e. The Balaban J connectivity index is 1.13. The first-order valence-electron chi connectivity index (χ1n) is 25.8. The Morgan fingerprint density at radius 1 is 0.211 bits per heavy atom. The average molecular weight is 880 g/mol. The zero-order valence-corrected chi connectivity index (χ0v) is 35.4. The van der Waals surface area contributed by atoms with Crippen LogP contribution in [0.25, 0.3) is 291 Å². The first-order chi connectivity index (χ1) is 35.1. The van der Waals surface area contributed by atoms with Crippen LogP contribution < -0.4 is 4.90 Å². The van der Waals surface area contributed by atoms with Crippen LogP contribution >= 0.6 is 0 Å². The van der Waals surface area contributed by atoms with Crippen molar-refractivity contribution in [3.05, 3.63) is 52.1 Å². The topological polar surface area (TPSA) is 3.01 Å². The zero-order chi connectivity index (χ0) is 42.5. The van der Waals surface area contributed by atoms with Crippen LogP contribution in [0, 0.1) is 0 Å². The van der Waals surface area contributed by atoms with Gasteiger partial charge in [0.15, 0.2) is 0 Å². The van der Waals surface area contributed by atoms with Crippen LogP contribution in [0.5, 0.6) is 0 Å². The lowest BCUT2D eigenvalue weighted by Gasteiger charge is -2.29. The van der Waals surface area contributed by atoms with Crippen molar-refractivity contribution in [2.45, 2.75) is 17.3 Å². The van der Waals surface area contributed by atoms with E-state index in [9.17, 15) is 13.2 Å². The summed E-state index contributed by atoms with van der Waals surface area (Å²) in [4.78, 5) is 2.79. The summed E-state index contributed by atoms with van der Waals surface area (Å²) in [5, 5.41) is 83.5. The molecule has 1 heterocycles. The Morgan fingerprint density at radius 2 is 0.352 bits per heavy atom. The van der Waals surface area contributed by atoms with Gasteiger partial charge in [-0.3, -0.25) is 0 Å². The van der Waals surface area contributed by atoms with Gasteiger partial charge in [0, 0.05) is 27.9 Å². The summed E-state index contributed by atoms with van der Waals surface area (Å²) in [6.07, 6.45) is -4.42. The fourth-order valence-electron chi connectivity index (χ4n) is 25.2. The highest BCUT2D eigenvalue weighted by Crippen LogP contribution is 2.90. The number of nitrogens with zero attached hydrogens (tertiary/aromatic N) is 1. The van der Waals surface area contributed by atoms with E-state index in [1.165, 1.54) is 164 Å². The van der Waals surface area contributed by atoms with Gasteiger partial charge in [0.25, 0.3) is 0 Å². The van der Waals surface area contributed by atoms with Crippen LogP contribution in [0.1, 0.15) is 27.8 Å². The molecule has 1 nitrogen and oxygen atoms in total. The summed E-state index contributed by atoms with van der Waals surface area (Å²) < 4.78 is 44.1. The van der Waals surface area contributed by atoms with E-state index < -0.39 is 22.8 Å². The van der Waals surface area contributed by atoms with E-state index in [4.69, 9.17) is 0 Å². The molecule has 0 amide bonds. The van der Waals surface area contributed by atoms with Crippen molar-refractivity contribution in [2.24, 2.45) is 0 Å². The second-order valence-corrected chi connectivity index (χ2v) is 25.6. The van der Waals surface area contributed by atoms with Crippen LogP contribution in [0.15, 0.2) is 24.3 Å². The molecule has 0 aromatic heterocycles. The lowest BCUT2D eigenvalue weighted by atomic mass is 9.68. The van der Waals surface area contributed by atoms with Crippen molar-refractivity contribution in [3.63, 3.8) is 0 Å². The summed E-state index contributed by atoms with van der Waals surface area (Å²) in [6, 6.07) is 6.52. The molecule has 298 valence electrons. The Labute approximate surface area is 382 Å². The van der Waals surface area contributed by atoms with E-state index in [-0.39, 0.29) is 0 Å². The second-order valence-electron chi connectivity index (χ2n) is 25.6. The maximum absolute atomic E-state index is 14.7. The van der Waals surface area contributed by atoms with Crippen molar-refractivity contribution < 1.29 is 13.2 Å². The highest BCUT2D eigenvalue weighted by molar-refractivity contribution is 6.82. The zero-order valence-electron chi connectivity index (χ0n) is 35.4. The monoisotopic (exact) mass is 879 g/mol. The molecule has 4 heteroatoms. The third kappa shape index (κ3) is 1.38. The molecule has 1 fully saturated rings. The van der Waals surface area contributed by atoms with Crippen molar-refractivity contribution in [1.82, 2.24) is 0 Å². The van der Waals surface area contributed by atoms with E-state index in [1.54, 1.807) is 162 Å². The molecule has 0 radical (unpaired) electrons. The standard InChI is InChI=1S/C67H4F3N/c68-67(69,70)5-1-3-6(4-2-5)71-65-61-53-45-35-25-17-9-7-8-11-15-13(9)21-29-23(15)33-27-19(11)20-12(8)16-14-10(7)18(17)26-32-22(14)30-24(16)34-28(20)38-37(27)47-41(33)51-43(29)49(39(45)31(21)25)57(61)59(51)63-55(47)56-48(38)42(34)52-44(30)50-40(32)46(36(26)35)54(53)62(65)58(50)60(52)64(56)66(63,65)71/h1-4H. The smallest absolute Gasteiger partial charge is 0.338 e. The molecular weight excluding hydrogens is 876 g/mol. The number of hydrogen-bond donors (Lipinski definition) is 0. The van der Waals surface area contributed by atoms with E-state index in [0.29, 0.717) is 0 Å². The third-order valence-electron chi connectivity index (χ3n) is 25.3. The lowest BCUT2D eigenvalue weighted by Crippen LogP contribution is -2.27. The highest BCUT2D eigenvalue weighted by Gasteiger charge is 2.86. The minimum absolute atomic E-state index is 0.571. The Bertz CT molecular complexity index is 6890. The molecule has 2 spiro atoms. The van der Waals surface area contributed by atoms with Crippen LogP contribution in [0.4, 0.5) is 18.9 Å². The molecular formula is C67H4F3N. The van der Waals surface area contributed by atoms with Gasteiger partial charge in [0.1, 0.15) is 11.1 Å². The van der Waals surface area contributed by atoms with Gasteiger partial charge in [-0.1, -0.05) is 0 Å². The summed E-state index contributed by atoms with van der Waals surface area (Å²) in [6.45, 7) is 0. The molecule has 34 rings (SSSR count). The fraction of sp³-hybridized carbons (Fsp3) is 0.0448. The maximum atomic E-state index is 14.7. The summed E-state index contributed by atoms with van der Waals surface area (Å²) in [7, 11) is 0. The van der Waals surface area contributed by atoms with E-state index in [2.05, 4.69) is 4.90 Å². The van der Waals surface area contributed by atoms with E-state index in [0.717, 1.165) is 5.69 Å². The predicted molar refractivity (Wildman–Crippen MR) is 288 cm³/mol. The molecule has 29 aromatic rings. The van der Waals surface area contributed by atoms with Crippen LogP contribution in [-0.4, -0.2) is 0 Å². The van der Waals surface area contributed by atoms with Gasteiger partial charge < -0.3 is 4.90 Å². The van der Waals surface area contributed by atoms with Crippen LogP contribution in [0.3, 0.4) is 0 Å². The normalized spacial score (nSPS) is 22.4. The van der Waals surface area contributed by atoms with Gasteiger partial charge in [-0.05, 0) is 315 Å². The molecule has 4 aliphatic carbocycles. The Morgan fingerprint density at radius 3 is 0.493 bits per heavy atom. The Hall–Kier alpha value is -8.73. The molecule has 0 saturated carbocycles. The van der Waals surface area contributed by atoms with Crippen LogP contribution in [-0.2, 0) is 17.3 Å². The molecule has 0 unspecified atom stereocenters. The summed E-state index contributed by atoms with van der Waals surface area (Å²) >= 11 is 0. The maximum Gasteiger partial charge on any atom is 0.416 e. The van der Waals surface area contributed by atoms with Crippen molar-refractivity contribution >= 4 is 297 Å². The summed E-state index contributed by atoms with van der Waals surface area (Å²) in [5.74, 6) is 0. The van der Waals surface area contributed by atoms with Crippen molar-refractivity contribution in [2.75, 3.05) is 4.90 Å². The van der Waals surface area contributed by atoms with Gasteiger partial charge in [-0.2, -0.15) is 13.2 Å². The van der Waals surface area contributed by atoms with Gasteiger partial charge in [-0.25, -0.2) is 0 Å². The molecule has 0 N–H and O–H groups in total. The van der Waals surface area contributed by atoms with Gasteiger partial charge >= 0.3 is 6.18 Å². The van der Waals surface area contributed by atoms with E-state index in [1.807, 2.05) is 12.1 Å². The predicted octanol–water partition coefficient (Wildman–Crippen LogP) is 18.7. The first-order valence-corrected chi connectivity index (χ1v) is 25.8. The number of alkyl halides is 3. The van der Waals surface area contributed by atoms with Crippen molar-refractivity contribution in [3.8, 4) is 0 Å². The summed E-state index contributed by atoms with van der Waals surface area (Å²) in [5.41, 5.74) is 5.18. The SMILES string of the molecule is FC(F)(F)c1ccc(N2C34c5c6c7c8c9c%10c(c%11c%12c3c3c5c5c%13c6c6c7c7c9c9c%14c%10c%10c%11c%11c%12c%12c3c3c5c5c%13c%13c6c6c7c9c7c9c%14c%10c%10c%11c%11c%12c3c3c5c5c%13c6c7c6c9c%10c%11c3c56)C824)cc1. The number of benzene rings is 19. The fourth-order valence-corrected chi connectivity index (χ4v) is 25.2. The molecule has 5 aliphatic rings. The van der Waals surface area contributed by atoms with Crippen LogP contribution in [0.2, 0.25) is 0 Å². The van der Waals surface area contributed by atoms with Crippen molar-refractivity contribution in [1.29, 1.82) is 0 Å². The quantitative estimate of drug-likeness (QED) is 0.117. The molecule has 29 aromatic carbocycles. The number of rotatable bonds is 1. The van der Waals surface area contributed by atoms with Gasteiger partial charge in [-0.15, -0.1) is 0 Å². The second kappa shape index (κ2) is 5.78. The van der Waals surface area contributed by atoms with Gasteiger partial charge in [0.2, 0.25) is 0 Å². The highest BCUT2D eigenvalue weighted by atomic mass is 19.4. The molecule has 0 bridgehead atoms. The molecule has 0 atom stereocenters. The molecule has 1 aliphatic heterocycles. The number of hydrogen-bond acceptors (Lipinski definition) is 1. The molecule has 1 saturated heterocycles.